The molecule has 0 atom stereocenters. The van der Waals surface area contributed by atoms with Crippen molar-refractivity contribution in [1.82, 2.24) is 15.5 Å². The molecule has 35 heavy (non-hydrogen) atoms. The van der Waals surface area contributed by atoms with Gasteiger partial charge in [0.2, 0.25) is 11.7 Å². The lowest BCUT2D eigenvalue weighted by Gasteiger charge is -2.09. The Bertz CT molecular complexity index is 1230. The van der Waals surface area contributed by atoms with Crippen molar-refractivity contribution in [2.75, 3.05) is 12.9 Å². The number of hydrogen-bond donors (Lipinski definition) is 1. The van der Waals surface area contributed by atoms with E-state index in [0.717, 1.165) is 28.4 Å². The molecule has 2 aromatic heterocycles. The number of methoxy groups -OCH3 is 1. The van der Waals surface area contributed by atoms with Crippen molar-refractivity contribution in [2.24, 2.45) is 0 Å². The smallest absolute Gasteiger partial charge is 0.293 e. The Labute approximate surface area is 208 Å². The number of ether oxygens (including phenoxy) is 2. The number of nitrogens with one attached hydrogen (secondary N) is 1. The fourth-order valence-electron chi connectivity index (χ4n) is 3.21. The highest BCUT2D eigenvalue weighted by Gasteiger charge is 2.15. The van der Waals surface area contributed by atoms with Crippen LogP contribution < -0.4 is 14.8 Å². The first-order valence-corrected chi connectivity index (χ1v) is 12.3. The van der Waals surface area contributed by atoms with E-state index in [2.05, 4.69) is 15.5 Å². The lowest BCUT2D eigenvalue weighted by molar-refractivity contribution is -0.118. The molecule has 4 aromatic rings. The molecule has 0 unspecified atom stereocenters. The highest BCUT2D eigenvalue weighted by atomic mass is 32.2. The van der Waals surface area contributed by atoms with E-state index in [1.54, 1.807) is 13.2 Å². The zero-order chi connectivity index (χ0) is 24.6. The van der Waals surface area contributed by atoms with Crippen LogP contribution in [0, 0.1) is 0 Å². The Hall–Kier alpha value is -3.72. The van der Waals surface area contributed by atoms with Crippen LogP contribution in [-0.2, 0) is 17.1 Å². The number of carbonyl (C=O) groups excluding carboxylic acids is 1. The summed E-state index contributed by atoms with van der Waals surface area (Å²) in [7, 11) is 1.62. The van der Waals surface area contributed by atoms with Crippen molar-refractivity contribution in [2.45, 2.75) is 32.2 Å². The Kier molecular flexibility index (Phi) is 8.10. The van der Waals surface area contributed by atoms with E-state index < -0.39 is 0 Å². The lowest BCUT2D eigenvalue weighted by atomic mass is 10.2. The Morgan fingerprint density at radius 3 is 2.49 bits per heavy atom. The first kappa shape index (κ1) is 24.4. The maximum atomic E-state index is 12.1. The second-order valence-electron chi connectivity index (χ2n) is 8.00. The normalized spacial score (nSPS) is 11.0. The molecule has 4 rings (SSSR count). The highest BCUT2D eigenvalue weighted by molar-refractivity contribution is 7.99. The molecular weight excluding hydrogens is 466 g/mol. The summed E-state index contributed by atoms with van der Waals surface area (Å²) in [5.41, 5.74) is 1.83. The summed E-state index contributed by atoms with van der Waals surface area (Å²) in [5.74, 6) is 4.40. The number of amides is 1. The fourth-order valence-corrected chi connectivity index (χ4v) is 3.95. The number of carbonyl (C=O) groups is 1. The van der Waals surface area contributed by atoms with Crippen molar-refractivity contribution < 1.29 is 23.2 Å². The molecule has 0 aliphatic carbocycles. The molecule has 0 bridgehead atoms. The van der Waals surface area contributed by atoms with Gasteiger partial charge in [-0.2, -0.15) is 4.98 Å². The predicted octanol–water partition coefficient (Wildman–Crippen LogP) is 5.34. The van der Waals surface area contributed by atoms with Gasteiger partial charge in [0, 0.05) is 12.1 Å². The van der Waals surface area contributed by atoms with Gasteiger partial charge in [-0.05, 0) is 67.9 Å². The van der Waals surface area contributed by atoms with Crippen molar-refractivity contribution in [3.63, 3.8) is 0 Å². The number of nitrogens with zero attached hydrogens (tertiary/aromatic N) is 2. The number of benzene rings is 2. The van der Waals surface area contributed by atoms with E-state index in [4.69, 9.17) is 18.4 Å². The summed E-state index contributed by atoms with van der Waals surface area (Å²) in [6.45, 7) is 4.43. The van der Waals surface area contributed by atoms with Crippen molar-refractivity contribution in [1.29, 1.82) is 0 Å². The Balaban J connectivity index is 1.25. The Morgan fingerprint density at radius 1 is 1.03 bits per heavy atom. The van der Waals surface area contributed by atoms with Gasteiger partial charge in [-0.3, -0.25) is 4.79 Å². The number of aromatic nitrogens is 2. The van der Waals surface area contributed by atoms with E-state index in [1.807, 2.05) is 68.4 Å². The minimum Gasteiger partial charge on any atom is -0.497 e. The topological polar surface area (TPSA) is 99.6 Å². The van der Waals surface area contributed by atoms with Gasteiger partial charge in [-0.1, -0.05) is 17.3 Å². The quantitative estimate of drug-likeness (QED) is 0.299. The molecule has 182 valence electrons. The minimum absolute atomic E-state index is 0.0380. The molecule has 0 aliphatic heterocycles. The number of hydrogen-bond acceptors (Lipinski definition) is 8. The molecule has 1 N–H and O–H groups in total. The molecule has 2 aromatic carbocycles. The third-order valence-electron chi connectivity index (χ3n) is 4.91. The van der Waals surface area contributed by atoms with Crippen molar-refractivity contribution in [3.05, 3.63) is 72.0 Å². The molecule has 8 nitrogen and oxygen atoms in total. The van der Waals surface area contributed by atoms with Gasteiger partial charge >= 0.3 is 0 Å². The summed E-state index contributed by atoms with van der Waals surface area (Å²) < 4.78 is 22.0. The fraction of sp³-hybridized carbons (Fsp3) is 0.269. The third-order valence-corrected chi connectivity index (χ3v) is 5.86. The largest absolute Gasteiger partial charge is 0.497 e. The zero-order valence-corrected chi connectivity index (χ0v) is 20.6. The summed E-state index contributed by atoms with van der Waals surface area (Å²) in [6.07, 6.45) is 0.109. The highest BCUT2D eigenvalue weighted by Crippen LogP contribution is 2.26. The van der Waals surface area contributed by atoms with Crippen LogP contribution in [0.15, 0.2) is 69.6 Å². The maximum Gasteiger partial charge on any atom is 0.293 e. The molecule has 1 amide bonds. The zero-order valence-electron chi connectivity index (χ0n) is 19.8. The molecule has 0 aliphatic rings. The number of thioether (sulfide) groups is 1. The van der Waals surface area contributed by atoms with Crippen LogP contribution in [0.5, 0.6) is 11.5 Å². The van der Waals surface area contributed by atoms with Crippen LogP contribution in [0.25, 0.3) is 23.0 Å². The summed E-state index contributed by atoms with van der Waals surface area (Å²) in [4.78, 5) is 16.6. The lowest BCUT2D eigenvalue weighted by Crippen LogP contribution is -2.24. The van der Waals surface area contributed by atoms with Gasteiger partial charge in [0.1, 0.15) is 17.3 Å². The minimum atomic E-state index is -0.0380. The van der Waals surface area contributed by atoms with Gasteiger partial charge in [0.25, 0.3) is 5.89 Å². The van der Waals surface area contributed by atoms with Crippen LogP contribution in [0.3, 0.4) is 0 Å². The number of furan rings is 1. The average Bonchev–Trinajstić information content (AvgIpc) is 3.53. The second kappa shape index (κ2) is 11.6. The first-order chi connectivity index (χ1) is 17.0. The SMILES string of the molecule is COc1ccc(CNC(=O)CSCc2ccc(-c3nc(-c4ccc(OC(C)C)cc4)no3)o2)cc1. The Morgan fingerprint density at radius 2 is 1.77 bits per heavy atom. The standard InChI is InChI=1S/C26H27N3O5S/c1-17(2)32-21-10-6-19(7-11-21)25-28-26(34-29-25)23-13-12-22(33-23)15-35-16-24(30)27-14-18-4-8-20(31-3)9-5-18/h4-13,17H,14-16H2,1-3H3,(H,27,30). The van der Waals surface area contributed by atoms with Gasteiger partial charge in [0.15, 0.2) is 5.76 Å². The molecule has 0 fully saturated rings. The second-order valence-corrected chi connectivity index (χ2v) is 8.98. The van der Waals surface area contributed by atoms with E-state index in [0.29, 0.717) is 35.5 Å². The predicted molar refractivity (Wildman–Crippen MR) is 134 cm³/mol. The van der Waals surface area contributed by atoms with Crippen LogP contribution in [0.1, 0.15) is 25.2 Å². The van der Waals surface area contributed by atoms with Crippen LogP contribution >= 0.6 is 11.8 Å². The van der Waals surface area contributed by atoms with E-state index in [1.165, 1.54) is 11.8 Å². The molecule has 2 heterocycles. The van der Waals surface area contributed by atoms with Crippen LogP contribution in [-0.4, -0.2) is 35.0 Å². The van der Waals surface area contributed by atoms with Crippen LogP contribution in [0.4, 0.5) is 0 Å². The summed E-state index contributed by atoms with van der Waals surface area (Å²) in [6, 6.07) is 18.8. The van der Waals surface area contributed by atoms with Crippen LogP contribution in [0.2, 0.25) is 0 Å². The molecule has 9 heteroatoms. The van der Waals surface area contributed by atoms with Crippen molar-refractivity contribution >= 4 is 17.7 Å². The molecule has 0 spiro atoms. The molecule has 0 saturated carbocycles. The van der Waals surface area contributed by atoms with E-state index >= 15 is 0 Å². The van der Waals surface area contributed by atoms with Crippen molar-refractivity contribution in [3.8, 4) is 34.5 Å². The van der Waals surface area contributed by atoms with Gasteiger partial charge < -0.3 is 23.7 Å². The van der Waals surface area contributed by atoms with E-state index in [9.17, 15) is 4.79 Å². The summed E-state index contributed by atoms with van der Waals surface area (Å²) >= 11 is 1.47. The maximum absolute atomic E-state index is 12.1. The number of rotatable bonds is 11. The average molecular weight is 494 g/mol. The molecular formula is C26H27N3O5S. The monoisotopic (exact) mass is 493 g/mol. The first-order valence-electron chi connectivity index (χ1n) is 11.2. The summed E-state index contributed by atoms with van der Waals surface area (Å²) in [5, 5.41) is 6.96. The van der Waals surface area contributed by atoms with Gasteiger partial charge in [-0.25, -0.2) is 0 Å². The molecule has 0 saturated heterocycles. The third kappa shape index (κ3) is 6.89. The molecule has 0 radical (unpaired) electrons. The van der Waals surface area contributed by atoms with E-state index in [-0.39, 0.29) is 12.0 Å². The van der Waals surface area contributed by atoms with Gasteiger partial charge in [-0.15, -0.1) is 11.8 Å². The van der Waals surface area contributed by atoms with Gasteiger partial charge in [0.05, 0.1) is 24.7 Å².